The van der Waals surface area contributed by atoms with Gasteiger partial charge < -0.3 is 10.5 Å². The summed E-state index contributed by atoms with van der Waals surface area (Å²) >= 11 is 0. The molecule has 0 unspecified atom stereocenters. The molecular weight excluding hydrogens is 150 g/mol. The summed E-state index contributed by atoms with van der Waals surface area (Å²) in [5.74, 6) is 0.905. The van der Waals surface area contributed by atoms with Crippen molar-refractivity contribution in [3.8, 4) is 5.75 Å². The van der Waals surface area contributed by atoms with Crippen molar-refractivity contribution >= 4 is 5.69 Å². The molecule has 0 aromatic heterocycles. The third kappa shape index (κ3) is 0.951. The highest BCUT2D eigenvalue weighted by Crippen LogP contribution is 2.36. The van der Waals surface area contributed by atoms with E-state index in [0.717, 1.165) is 23.4 Å². The smallest absolute Gasteiger partial charge is 0.146 e. The zero-order chi connectivity index (χ0) is 8.72. The molecule has 0 bridgehead atoms. The minimum absolute atomic E-state index is 0.282. The van der Waals surface area contributed by atoms with E-state index in [0.29, 0.717) is 0 Å². The first kappa shape index (κ1) is 7.47. The van der Waals surface area contributed by atoms with Crippen LogP contribution in [-0.4, -0.2) is 6.10 Å². The van der Waals surface area contributed by atoms with Gasteiger partial charge in [-0.2, -0.15) is 0 Å². The van der Waals surface area contributed by atoms with Crippen molar-refractivity contribution in [2.45, 2.75) is 26.4 Å². The van der Waals surface area contributed by atoms with Crippen LogP contribution in [0, 0.1) is 6.92 Å². The molecule has 1 aliphatic heterocycles. The van der Waals surface area contributed by atoms with E-state index in [4.69, 9.17) is 10.5 Å². The fourth-order valence-electron chi connectivity index (χ4n) is 1.60. The van der Waals surface area contributed by atoms with Crippen LogP contribution in [0.25, 0.3) is 0 Å². The van der Waals surface area contributed by atoms with Crippen LogP contribution in [0.1, 0.15) is 18.1 Å². The van der Waals surface area contributed by atoms with E-state index in [1.54, 1.807) is 0 Å². The molecule has 0 fully saturated rings. The summed E-state index contributed by atoms with van der Waals surface area (Å²) in [5, 5.41) is 0. The maximum Gasteiger partial charge on any atom is 0.146 e. The van der Waals surface area contributed by atoms with Gasteiger partial charge in [0.2, 0.25) is 0 Å². The van der Waals surface area contributed by atoms with Crippen LogP contribution in [0.4, 0.5) is 5.69 Å². The number of hydrogen-bond donors (Lipinski definition) is 1. The summed E-state index contributed by atoms with van der Waals surface area (Å²) in [6, 6.07) is 4.15. The van der Waals surface area contributed by atoms with Gasteiger partial charge >= 0.3 is 0 Å². The molecule has 0 saturated carbocycles. The summed E-state index contributed by atoms with van der Waals surface area (Å²) in [6.45, 7) is 4.07. The Kier molecular flexibility index (Phi) is 1.50. The maximum atomic E-state index is 5.87. The molecule has 1 aromatic rings. The summed E-state index contributed by atoms with van der Waals surface area (Å²) in [7, 11) is 0. The van der Waals surface area contributed by atoms with Gasteiger partial charge in [-0.1, -0.05) is 12.1 Å². The molecule has 1 atom stereocenters. The zero-order valence-corrected chi connectivity index (χ0v) is 7.42. The number of aryl methyl sites for hydroxylation is 1. The molecule has 2 N–H and O–H groups in total. The van der Waals surface area contributed by atoms with E-state index in [9.17, 15) is 0 Å². The SMILES string of the molecule is Cc1ccc2c(c1N)O[C@H](C)C2. The molecule has 0 radical (unpaired) electrons. The summed E-state index contributed by atoms with van der Waals surface area (Å²) < 4.78 is 5.59. The molecule has 12 heavy (non-hydrogen) atoms. The fraction of sp³-hybridized carbons (Fsp3) is 0.400. The molecule has 0 saturated heterocycles. The number of fused-ring (bicyclic) bond motifs is 1. The first-order valence-electron chi connectivity index (χ1n) is 4.23. The molecule has 1 heterocycles. The van der Waals surface area contributed by atoms with Gasteiger partial charge in [0.05, 0.1) is 5.69 Å². The molecule has 0 spiro atoms. The number of benzene rings is 1. The number of ether oxygens (including phenoxy) is 1. The van der Waals surface area contributed by atoms with Gasteiger partial charge in [0.25, 0.3) is 0 Å². The molecular formula is C10H13NO. The monoisotopic (exact) mass is 163 g/mol. The van der Waals surface area contributed by atoms with Crippen LogP contribution in [0.5, 0.6) is 5.75 Å². The Morgan fingerprint density at radius 2 is 2.25 bits per heavy atom. The van der Waals surface area contributed by atoms with Crippen molar-refractivity contribution in [3.05, 3.63) is 23.3 Å². The van der Waals surface area contributed by atoms with Crippen LogP contribution in [0.15, 0.2) is 12.1 Å². The molecule has 2 nitrogen and oxygen atoms in total. The van der Waals surface area contributed by atoms with Gasteiger partial charge in [0.1, 0.15) is 11.9 Å². The van der Waals surface area contributed by atoms with Crippen molar-refractivity contribution in [1.29, 1.82) is 0 Å². The molecule has 1 aromatic carbocycles. The minimum Gasteiger partial charge on any atom is -0.488 e. The summed E-state index contributed by atoms with van der Waals surface area (Å²) in [4.78, 5) is 0. The number of nitrogens with two attached hydrogens (primary N) is 1. The second-order valence-corrected chi connectivity index (χ2v) is 3.42. The lowest BCUT2D eigenvalue weighted by Crippen LogP contribution is -2.06. The number of rotatable bonds is 0. The van der Waals surface area contributed by atoms with Crippen molar-refractivity contribution < 1.29 is 4.74 Å². The Morgan fingerprint density at radius 3 is 3.00 bits per heavy atom. The number of anilines is 1. The maximum absolute atomic E-state index is 5.87. The Morgan fingerprint density at radius 1 is 1.50 bits per heavy atom. The second kappa shape index (κ2) is 2.41. The van der Waals surface area contributed by atoms with E-state index in [1.165, 1.54) is 5.56 Å². The topological polar surface area (TPSA) is 35.2 Å². The lowest BCUT2D eigenvalue weighted by molar-refractivity contribution is 0.256. The highest BCUT2D eigenvalue weighted by molar-refractivity contribution is 5.63. The van der Waals surface area contributed by atoms with Crippen LogP contribution >= 0.6 is 0 Å². The summed E-state index contributed by atoms with van der Waals surface area (Å²) in [6.07, 6.45) is 1.27. The van der Waals surface area contributed by atoms with Crippen LogP contribution in [-0.2, 0) is 6.42 Å². The lowest BCUT2D eigenvalue weighted by Gasteiger charge is -2.07. The van der Waals surface area contributed by atoms with Crippen LogP contribution in [0.2, 0.25) is 0 Å². The average Bonchev–Trinajstić information content (AvgIpc) is 2.39. The number of nitrogen functional groups attached to an aromatic ring is 1. The van der Waals surface area contributed by atoms with Gasteiger partial charge in [-0.15, -0.1) is 0 Å². The highest BCUT2D eigenvalue weighted by Gasteiger charge is 2.21. The molecule has 2 rings (SSSR count). The van der Waals surface area contributed by atoms with Gasteiger partial charge in [0.15, 0.2) is 0 Å². The average molecular weight is 163 g/mol. The highest BCUT2D eigenvalue weighted by atomic mass is 16.5. The molecule has 64 valence electrons. The molecule has 0 amide bonds. The Hall–Kier alpha value is -1.18. The predicted octanol–water partition coefficient (Wildman–Crippen LogP) is 1.90. The van der Waals surface area contributed by atoms with Crippen LogP contribution < -0.4 is 10.5 Å². The van der Waals surface area contributed by atoms with E-state index < -0.39 is 0 Å². The second-order valence-electron chi connectivity index (χ2n) is 3.42. The van der Waals surface area contributed by atoms with Gasteiger partial charge in [-0.25, -0.2) is 0 Å². The fourth-order valence-corrected chi connectivity index (χ4v) is 1.60. The first-order chi connectivity index (χ1) is 5.68. The van der Waals surface area contributed by atoms with Gasteiger partial charge in [0, 0.05) is 6.42 Å². The normalized spacial score (nSPS) is 20.3. The van der Waals surface area contributed by atoms with E-state index in [2.05, 4.69) is 19.1 Å². The number of hydrogen-bond acceptors (Lipinski definition) is 2. The lowest BCUT2D eigenvalue weighted by atomic mass is 10.1. The Labute approximate surface area is 72.3 Å². The van der Waals surface area contributed by atoms with Crippen molar-refractivity contribution in [1.82, 2.24) is 0 Å². The molecule has 0 aliphatic carbocycles. The standard InChI is InChI=1S/C10H13NO/c1-6-3-4-8-5-7(2)12-10(8)9(6)11/h3-4,7H,5,11H2,1-2H3/t7-/m1/s1. The Balaban J connectivity index is 2.54. The van der Waals surface area contributed by atoms with Crippen LogP contribution in [0.3, 0.4) is 0 Å². The third-order valence-corrected chi connectivity index (χ3v) is 2.32. The third-order valence-electron chi connectivity index (χ3n) is 2.32. The van der Waals surface area contributed by atoms with Crippen molar-refractivity contribution in [2.75, 3.05) is 5.73 Å². The first-order valence-corrected chi connectivity index (χ1v) is 4.23. The van der Waals surface area contributed by atoms with Gasteiger partial charge in [-0.05, 0) is 25.0 Å². The molecule has 1 aliphatic rings. The van der Waals surface area contributed by atoms with E-state index in [-0.39, 0.29) is 6.10 Å². The summed E-state index contributed by atoms with van der Waals surface area (Å²) in [5.41, 5.74) is 9.01. The largest absolute Gasteiger partial charge is 0.488 e. The van der Waals surface area contributed by atoms with Crippen molar-refractivity contribution in [2.24, 2.45) is 0 Å². The quantitative estimate of drug-likeness (QED) is 0.593. The molecule has 2 heteroatoms. The van der Waals surface area contributed by atoms with E-state index in [1.807, 2.05) is 6.92 Å². The van der Waals surface area contributed by atoms with Crippen molar-refractivity contribution in [3.63, 3.8) is 0 Å². The van der Waals surface area contributed by atoms with Gasteiger partial charge in [-0.3, -0.25) is 0 Å². The predicted molar refractivity (Wildman–Crippen MR) is 49.4 cm³/mol. The van der Waals surface area contributed by atoms with E-state index >= 15 is 0 Å². The zero-order valence-electron chi connectivity index (χ0n) is 7.42. The Bertz CT molecular complexity index is 320. The minimum atomic E-state index is 0.282.